The van der Waals surface area contributed by atoms with Gasteiger partial charge in [-0.2, -0.15) is 5.26 Å². The quantitative estimate of drug-likeness (QED) is 0.361. The molecule has 2 N–H and O–H groups in total. The molecule has 4 rings (SSSR count). The SMILES string of the molecule is CC1=C(C(=O)OCc2ccccc2)[C@@H](c2ccc(Cl)cc2)C(C#N)=C(SCC(=O)Nc2nccs2)N1. The van der Waals surface area contributed by atoms with Gasteiger partial charge in [0.25, 0.3) is 0 Å². The molecular weight excluding hydrogens is 516 g/mol. The second-order valence-electron chi connectivity index (χ2n) is 7.74. The molecular formula is C26H21ClN4O3S2. The lowest BCUT2D eigenvalue weighted by atomic mass is 9.82. The Balaban J connectivity index is 1.60. The first-order valence-corrected chi connectivity index (χ1v) is 13.1. The monoisotopic (exact) mass is 536 g/mol. The topological polar surface area (TPSA) is 104 Å². The van der Waals surface area contributed by atoms with Crippen LogP contribution in [0.4, 0.5) is 5.13 Å². The van der Waals surface area contributed by atoms with Gasteiger partial charge >= 0.3 is 5.97 Å². The van der Waals surface area contributed by atoms with Crippen molar-refractivity contribution in [2.45, 2.75) is 19.4 Å². The summed E-state index contributed by atoms with van der Waals surface area (Å²) in [6.07, 6.45) is 1.61. The fraction of sp³-hybridized carbons (Fsp3) is 0.154. The summed E-state index contributed by atoms with van der Waals surface area (Å²) < 4.78 is 5.63. The number of halogens is 1. The first kappa shape index (κ1) is 25.5. The van der Waals surface area contributed by atoms with Crippen molar-refractivity contribution in [2.75, 3.05) is 11.1 Å². The number of nitrogens with zero attached hydrogens (tertiary/aromatic N) is 2. The van der Waals surface area contributed by atoms with Crippen LogP contribution in [0.2, 0.25) is 5.02 Å². The minimum atomic E-state index is -0.679. The van der Waals surface area contributed by atoms with Crippen molar-refractivity contribution in [3.8, 4) is 6.07 Å². The first-order chi connectivity index (χ1) is 17.5. The van der Waals surface area contributed by atoms with Crippen molar-refractivity contribution in [3.63, 3.8) is 0 Å². The van der Waals surface area contributed by atoms with Crippen molar-refractivity contribution in [2.24, 2.45) is 0 Å². The predicted octanol–water partition coefficient (Wildman–Crippen LogP) is 5.61. The molecule has 0 bridgehead atoms. The standard InChI is InChI=1S/C26H21ClN4O3S2/c1-16-22(25(33)34-14-17-5-3-2-4-6-17)23(18-7-9-19(27)10-8-18)20(13-28)24(30-16)36-15-21(32)31-26-29-11-12-35-26/h2-12,23,30H,14-15H2,1H3,(H,29,31,32)/t23-/m0/s1. The number of amides is 1. The maximum Gasteiger partial charge on any atom is 0.337 e. The zero-order chi connectivity index (χ0) is 25.5. The molecule has 182 valence electrons. The van der Waals surface area contributed by atoms with Crippen molar-refractivity contribution in [3.05, 3.63) is 104 Å². The molecule has 0 unspecified atom stereocenters. The highest BCUT2D eigenvalue weighted by atomic mass is 35.5. The molecule has 3 aromatic rings. The number of carbonyl (C=O) groups excluding carboxylic acids is 2. The van der Waals surface area contributed by atoms with E-state index >= 15 is 0 Å². The third-order valence-electron chi connectivity index (χ3n) is 5.31. The largest absolute Gasteiger partial charge is 0.457 e. The first-order valence-electron chi connectivity index (χ1n) is 10.9. The van der Waals surface area contributed by atoms with E-state index < -0.39 is 11.9 Å². The average molecular weight is 537 g/mol. The summed E-state index contributed by atoms with van der Waals surface area (Å²) in [5, 5.41) is 19.3. The molecule has 0 saturated carbocycles. The minimum Gasteiger partial charge on any atom is -0.457 e. The van der Waals surface area contributed by atoms with E-state index in [0.717, 1.165) is 5.56 Å². The number of aromatic nitrogens is 1. The number of carbonyl (C=O) groups is 2. The van der Waals surface area contributed by atoms with Gasteiger partial charge in [0.05, 0.1) is 33.9 Å². The molecule has 7 nitrogen and oxygen atoms in total. The smallest absolute Gasteiger partial charge is 0.337 e. The molecule has 1 atom stereocenters. The minimum absolute atomic E-state index is 0.0570. The van der Waals surface area contributed by atoms with Crippen molar-refractivity contribution >= 4 is 51.7 Å². The lowest BCUT2D eigenvalue weighted by molar-refractivity contribution is -0.140. The summed E-state index contributed by atoms with van der Waals surface area (Å²) in [5.41, 5.74) is 2.78. The third kappa shape index (κ3) is 6.15. The molecule has 0 spiro atoms. The van der Waals surface area contributed by atoms with E-state index in [1.54, 1.807) is 42.8 Å². The third-order valence-corrected chi connectivity index (χ3v) is 7.27. The van der Waals surface area contributed by atoms with Crippen molar-refractivity contribution in [1.29, 1.82) is 5.26 Å². The number of benzene rings is 2. The van der Waals surface area contributed by atoms with E-state index in [9.17, 15) is 14.9 Å². The molecule has 0 radical (unpaired) electrons. The molecule has 36 heavy (non-hydrogen) atoms. The van der Waals surface area contributed by atoms with Crippen LogP contribution in [0.25, 0.3) is 0 Å². The number of ether oxygens (including phenoxy) is 1. The second kappa shape index (κ2) is 11.9. The lowest BCUT2D eigenvalue weighted by Crippen LogP contribution is -2.29. The van der Waals surface area contributed by atoms with Gasteiger partial charge in [-0.3, -0.25) is 4.79 Å². The Morgan fingerprint density at radius 2 is 1.97 bits per heavy atom. The maximum atomic E-state index is 13.3. The van der Waals surface area contributed by atoms with E-state index in [-0.39, 0.29) is 18.3 Å². The highest BCUT2D eigenvalue weighted by Gasteiger charge is 2.35. The Morgan fingerprint density at radius 3 is 2.64 bits per heavy atom. The summed E-state index contributed by atoms with van der Waals surface area (Å²) >= 11 is 8.60. The van der Waals surface area contributed by atoms with Gasteiger partial charge in [-0.1, -0.05) is 65.8 Å². The van der Waals surface area contributed by atoms with Gasteiger partial charge in [0, 0.05) is 22.3 Å². The van der Waals surface area contributed by atoms with E-state index in [4.69, 9.17) is 16.3 Å². The van der Waals surface area contributed by atoms with Crippen LogP contribution in [0.3, 0.4) is 0 Å². The highest BCUT2D eigenvalue weighted by molar-refractivity contribution is 8.03. The van der Waals surface area contributed by atoms with Crippen molar-refractivity contribution < 1.29 is 14.3 Å². The zero-order valence-electron chi connectivity index (χ0n) is 19.2. The average Bonchev–Trinajstić information content (AvgIpc) is 3.39. The van der Waals surface area contributed by atoms with Gasteiger partial charge in [0.2, 0.25) is 5.91 Å². The number of nitriles is 1. The number of hydrogen-bond acceptors (Lipinski definition) is 8. The molecule has 2 heterocycles. The van der Waals surface area contributed by atoms with Gasteiger partial charge in [0.15, 0.2) is 5.13 Å². The van der Waals surface area contributed by atoms with Gasteiger partial charge in [-0.25, -0.2) is 9.78 Å². The van der Waals surface area contributed by atoms with Crippen LogP contribution in [-0.4, -0.2) is 22.6 Å². The van der Waals surface area contributed by atoms with Crippen LogP contribution in [0.5, 0.6) is 0 Å². The summed E-state index contributed by atoms with van der Waals surface area (Å²) in [6, 6.07) is 18.6. The lowest BCUT2D eigenvalue weighted by Gasteiger charge is -2.29. The second-order valence-corrected chi connectivity index (χ2v) is 10.1. The van der Waals surface area contributed by atoms with E-state index in [1.165, 1.54) is 23.1 Å². The molecule has 2 aromatic carbocycles. The predicted molar refractivity (Wildman–Crippen MR) is 142 cm³/mol. The number of thioether (sulfide) groups is 1. The van der Waals surface area contributed by atoms with Crippen LogP contribution in [0.1, 0.15) is 24.0 Å². The molecule has 0 saturated heterocycles. The van der Waals surface area contributed by atoms with Gasteiger partial charge in [0.1, 0.15) is 6.61 Å². The number of nitrogens with one attached hydrogen (secondary N) is 2. The summed E-state index contributed by atoms with van der Waals surface area (Å²) in [5.74, 6) is -1.40. The van der Waals surface area contributed by atoms with E-state index in [1.807, 2.05) is 30.3 Å². The van der Waals surface area contributed by atoms with Crippen LogP contribution < -0.4 is 10.6 Å². The van der Waals surface area contributed by atoms with Gasteiger partial charge < -0.3 is 15.4 Å². The number of dihydropyridines is 1. The van der Waals surface area contributed by atoms with Crippen molar-refractivity contribution in [1.82, 2.24) is 10.3 Å². The van der Waals surface area contributed by atoms with E-state index in [2.05, 4.69) is 21.7 Å². The maximum absolute atomic E-state index is 13.3. The summed E-state index contributed by atoms with van der Waals surface area (Å²) in [6.45, 7) is 1.86. The molecule has 1 aliphatic heterocycles. The summed E-state index contributed by atoms with van der Waals surface area (Å²) in [4.78, 5) is 29.8. The number of allylic oxidation sites excluding steroid dienone is 2. The Hall–Kier alpha value is -3.58. The zero-order valence-corrected chi connectivity index (χ0v) is 21.5. The molecule has 1 aliphatic rings. The number of thiazole rings is 1. The van der Waals surface area contributed by atoms with Crippen LogP contribution in [0, 0.1) is 11.3 Å². The van der Waals surface area contributed by atoms with Crippen LogP contribution in [0.15, 0.2) is 88.0 Å². The number of anilines is 1. The van der Waals surface area contributed by atoms with E-state index in [0.29, 0.717) is 37.6 Å². The number of hydrogen-bond donors (Lipinski definition) is 2. The normalized spacial score (nSPS) is 15.2. The van der Waals surface area contributed by atoms with Crippen LogP contribution >= 0.6 is 34.7 Å². The Bertz CT molecular complexity index is 1350. The Kier molecular flexibility index (Phi) is 8.44. The number of rotatable bonds is 8. The summed E-state index contributed by atoms with van der Waals surface area (Å²) in [7, 11) is 0. The Labute approximate surface area is 221 Å². The fourth-order valence-corrected chi connectivity index (χ4v) is 5.23. The van der Waals surface area contributed by atoms with Crippen LogP contribution in [-0.2, 0) is 20.9 Å². The van der Waals surface area contributed by atoms with Gasteiger partial charge in [-0.15, -0.1) is 11.3 Å². The highest BCUT2D eigenvalue weighted by Crippen LogP contribution is 2.41. The molecule has 1 aromatic heterocycles. The molecule has 1 amide bonds. The molecule has 0 fully saturated rings. The Morgan fingerprint density at radius 1 is 1.22 bits per heavy atom. The van der Waals surface area contributed by atoms with Gasteiger partial charge in [-0.05, 0) is 30.2 Å². The molecule has 10 heteroatoms. The molecule has 0 aliphatic carbocycles. The number of esters is 1. The fourth-order valence-electron chi connectivity index (χ4n) is 3.66.